The molecule has 0 aliphatic carbocycles. The number of anilines is 1. The second-order valence-electron chi connectivity index (χ2n) is 6.83. The van der Waals surface area contributed by atoms with Gasteiger partial charge in [-0.3, -0.25) is 4.79 Å². The number of nitrogens with one attached hydrogen (secondary N) is 2. The van der Waals surface area contributed by atoms with Crippen molar-refractivity contribution in [1.82, 2.24) is 15.0 Å². The van der Waals surface area contributed by atoms with Gasteiger partial charge in [0.25, 0.3) is 5.91 Å². The first-order valence-corrected chi connectivity index (χ1v) is 9.56. The number of nitrogens with two attached hydrogens (primary N) is 1. The number of carbonyl (C=O) groups is 1. The first-order chi connectivity index (χ1) is 15.2. The molecule has 0 aliphatic rings. The first-order valence-electron chi connectivity index (χ1n) is 9.56. The van der Waals surface area contributed by atoms with Crippen molar-refractivity contribution in [3.05, 3.63) is 77.6 Å². The average Bonchev–Trinajstić information content (AvgIpc) is 3.15. The monoisotopic (exact) mass is 445 g/mol. The zero-order valence-corrected chi connectivity index (χ0v) is 17.4. The maximum absolute atomic E-state index is 12.7. The van der Waals surface area contributed by atoms with Crippen molar-refractivity contribution >= 4 is 22.6 Å². The van der Waals surface area contributed by atoms with E-state index in [1.807, 2.05) is 0 Å². The number of hydrogen-bond acceptors (Lipinski definition) is 5. The van der Waals surface area contributed by atoms with Crippen LogP contribution in [0.2, 0.25) is 0 Å². The van der Waals surface area contributed by atoms with E-state index in [0.29, 0.717) is 28.2 Å². The van der Waals surface area contributed by atoms with Gasteiger partial charge in [-0.25, -0.2) is 10.8 Å². The number of aromatic nitrogens is 2. The summed E-state index contributed by atoms with van der Waals surface area (Å²) >= 11 is 0. The smallest absolute Gasteiger partial charge is 0.416 e. The number of methoxy groups -OCH3 is 1. The molecule has 32 heavy (non-hydrogen) atoms. The normalized spacial score (nSPS) is 12.4. The van der Waals surface area contributed by atoms with Gasteiger partial charge in [0, 0.05) is 24.0 Å². The van der Waals surface area contributed by atoms with Gasteiger partial charge in [0.2, 0.25) is 5.88 Å². The number of halogens is 3. The molecule has 4 N–H and O–H groups in total. The topological polar surface area (TPSA) is 96.3 Å². The van der Waals surface area contributed by atoms with Crippen LogP contribution in [0, 0.1) is 0 Å². The number of hydrazine groups is 1. The molecular weight excluding hydrogens is 423 g/mol. The summed E-state index contributed by atoms with van der Waals surface area (Å²) in [6.45, 7) is 1.87. The number of nitrogens with zero attached hydrogens (tertiary/aromatic N) is 2. The third-order valence-electron chi connectivity index (χ3n) is 4.62. The Morgan fingerprint density at radius 3 is 2.59 bits per heavy atom. The number of carbonyl (C=O) groups excluding carboxylic acids is 1. The molecule has 2 aromatic heterocycles. The third-order valence-corrected chi connectivity index (χ3v) is 4.62. The quantitative estimate of drug-likeness (QED) is 0.217. The van der Waals surface area contributed by atoms with Crippen molar-refractivity contribution in [2.45, 2.75) is 19.6 Å². The number of hydrogen-bond donors (Lipinski definition) is 3. The van der Waals surface area contributed by atoms with E-state index < -0.39 is 11.7 Å². The Morgan fingerprint density at radius 1 is 1.25 bits per heavy atom. The maximum Gasteiger partial charge on any atom is 0.416 e. The molecule has 2 heterocycles. The lowest BCUT2D eigenvalue weighted by atomic mass is 10.1. The van der Waals surface area contributed by atoms with E-state index in [9.17, 15) is 18.0 Å². The summed E-state index contributed by atoms with van der Waals surface area (Å²) in [4.78, 5) is 20.0. The molecule has 3 rings (SSSR count). The highest BCUT2D eigenvalue weighted by atomic mass is 19.4. The molecule has 0 saturated carbocycles. The average molecular weight is 445 g/mol. The van der Waals surface area contributed by atoms with Gasteiger partial charge in [-0.2, -0.15) is 13.2 Å². The van der Waals surface area contributed by atoms with E-state index >= 15 is 0 Å². The minimum Gasteiger partial charge on any atom is -0.481 e. The number of pyridine rings is 1. The molecule has 0 fully saturated rings. The molecule has 0 aliphatic heterocycles. The number of ether oxygens (including phenoxy) is 1. The van der Waals surface area contributed by atoms with Crippen molar-refractivity contribution in [1.29, 1.82) is 0 Å². The highest BCUT2D eigenvalue weighted by molar-refractivity contribution is 6.09. The fourth-order valence-electron chi connectivity index (χ4n) is 2.93. The molecule has 7 nitrogen and oxygen atoms in total. The van der Waals surface area contributed by atoms with Crippen molar-refractivity contribution in [2.24, 2.45) is 5.84 Å². The standard InChI is InChI=1S/C22H22F3N5O2/c1-3-15(10-11-30(26)13-14-4-6-16(7-5-14)22(23,24)25)21(31)28-18-12-27-17-8-9-19(32-2)29-20(17)18/h3-12,27H,13,26H2,1-2H3,(H,28,31)/b11-10-,15-3+. The van der Waals surface area contributed by atoms with E-state index in [2.05, 4.69) is 15.3 Å². The lowest BCUT2D eigenvalue weighted by molar-refractivity contribution is -0.137. The Morgan fingerprint density at radius 2 is 1.97 bits per heavy atom. The van der Waals surface area contributed by atoms with Gasteiger partial charge in [-0.1, -0.05) is 18.2 Å². The Bertz CT molecular complexity index is 1150. The Kier molecular flexibility index (Phi) is 6.84. The van der Waals surface area contributed by atoms with Gasteiger partial charge in [-0.05, 0) is 36.8 Å². The summed E-state index contributed by atoms with van der Waals surface area (Å²) in [6, 6.07) is 8.22. The number of fused-ring (bicyclic) bond motifs is 1. The van der Waals surface area contributed by atoms with Gasteiger partial charge in [0.15, 0.2) is 0 Å². The van der Waals surface area contributed by atoms with E-state index in [-0.39, 0.29) is 12.5 Å². The molecule has 1 amide bonds. The van der Waals surface area contributed by atoms with Crippen LogP contribution in [-0.2, 0) is 17.5 Å². The highest BCUT2D eigenvalue weighted by Crippen LogP contribution is 2.29. The van der Waals surface area contributed by atoms with Gasteiger partial charge in [0.1, 0.15) is 5.52 Å². The second-order valence-corrected chi connectivity index (χ2v) is 6.83. The van der Waals surface area contributed by atoms with Crippen molar-refractivity contribution in [3.63, 3.8) is 0 Å². The summed E-state index contributed by atoms with van der Waals surface area (Å²) in [5, 5.41) is 4.06. The van der Waals surface area contributed by atoms with Gasteiger partial charge < -0.3 is 20.0 Å². The molecule has 3 aromatic rings. The van der Waals surface area contributed by atoms with Crippen LogP contribution in [-0.4, -0.2) is 28.0 Å². The van der Waals surface area contributed by atoms with E-state index in [1.54, 1.807) is 31.3 Å². The molecule has 0 bridgehead atoms. The number of allylic oxidation sites excluding steroid dienone is 1. The van der Waals surface area contributed by atoms with Crippen molar-refractivity contribution in [2.75, 3.05) is 12.4 Å². The first kappa shape index (κ1) is 22.9. The summed E-state index contributed by atoms with van der Waals surface area (Å²) in [5.74, 6) is 5.95. The second kappa shape index (κ2) is 9.56. The van der Waals surface area contributed by atoms with Gasteiger partial charge >= 0.3 is 6.18 Å². The summed E-state index contributed by atoms with van der Waals surface area (Å²) in [6.07, 6.45) is 1.85. The molecule has 0 saturated heterocycles. The van der Waals surface area contributed by atoms with Crippen molar-refractivity contribution < 1.29 is 22.7 Å². The molecule has 10 heteroatoms. The molecule has 1 aromatic carbocycles. The van der Waals surface area contributed by atoms with Crippen LogP contribution in [0.1, 0.15) is 18.1 Å². The van der Waals surface area contributed by atoms with Gasteiger partial charge in [-0.15, -0.1) is 0 Å². The summed E-state index contributed by atoms with van der Waals surface area (Å²) < 4.78 is 43.1. The Balaban J connectivity index is 1.65. The molecule has 0 spiro atoms. The van der Waals surface area contributed by atoms with E-state index in [0.717, 1.165) is 17.6 Å². The highest BCUT2D eigenvalue weighted by Gasteiger charge is 2.29. The fourth-order valence-corrected chi connectivity index (χ4v) is 2.93. The largest absolute Gasteiger partial charge is 0.481 e. The number of amides is 1. The van der Waals surface area contributed by atoms with Crippen LogP contribution < -0.4 is 15.9 Å². The minimum atomic E-state index is -4.39. The SMILES string of the molecule is C/C=C(\C=C/N(N)Cc1ccc(C(F)(F)F)cc1)C(=O)Nc1c[nH]c2ccc(OC)nc12. The molecule has 168 valence electrons. The number of alkyl halides is 3. The van der Waals surface area contributed by atoms with Crippen LogP contribution in [0.25, 0.3) is 11.0 Å². The fraction of sp³-hybridized carbons (Fsp3) is 0.182. The maximum atomic E-state index is 12.7. The molecule has 0 unspecified atom stereocenters. The number of benzene rings is 1. The zero-order chi connectivity index (χ0) is 23.3. The number of H-pyrrole nitrogens is 1. The van der Waals surface area contributed by atoms with Crippen LogP contribution in [0.3, 0.4) is 0 Å². The van der Waals surface area contributed by atoms with E-state index in [1.165, 1.54) is 36.5 Å². The molecule has 0 radical (unpaired) electrons. The summed E-state index contributed by atoms with van der Waals surface area (Å²) in [5.41, 5.74) is 1.99. The number of rotatable bonds is 7. The van der Waals surface area contributed by atoms with Crippen LogP contribution in [0.15, 0.2) is 66.5 Å². The minimum absolute atomic E-state index is 0.166. The van der Waals surface area contributed by atoms with Crippen LogP contribution in [0.5, 0.6) is 5.88 Å². The predicted molar refractivity (Wildman–Crippen MR) is 115 cm³/mol. The van der Waals surface area contributed by atoms with E-state index in [4.69, 9.17) is 10.6 Å². The van der Waals surface area contributed by atoms with Gasteiger partial charge in [0.05, 0.1) is 30.4 Å². The van der Waals surface area contributed by atoms with Crippen LogP contribution in [0.4, 0.5) is 18.9 Å². The number of aromatic amines is 1. The Labute approximate surface area is 182 Å². The third kappa shape index (κ3) is 5.46. The lowest BCUT2D eigenvalue weighted by Crippen LogP contribution is -2.24. The zero-order valence-electron chi connectivity index (χ0n) is 17.4. The van der Waals surface area contributed by atoms with Crippen molar-refractivity contribution in [3.8, 4) is 5.88 Å². The lowest BCUT2D eigenvalue weighted by Gasteiger charge is -2.15. The summed E-state index contributed by atoms with van der Waals surface area (Å²) in [7, 11) is 1.51. The van der Waals surface area contributed by atoms with Crippen LogP contribution >= 0.6 is 0 Å². The Hall–Kier alpha value is -3.79. The molecular formula is C22H22F3N5O2. The predicted octanol–water partition coefficient (Wildman–Crippen LogP) is 4.36. The molecule has 0 atom stereocenters.